The molecule has 1 aliphatic heterocycles. The minimum atomic E-state index is -0.966. The highest BCUT2D eigenvalue weighted by atomic mass is 32.2. The third kappa shape index (κ3) is 4.34. The zero-order valence-corrected chi connectivity index (χ0v) is 12.1. The average Bonchev–Trinajstić information content (AvgIpc) is 3.00. The second kappa shape index (κ2) is 7.47. The van der Waals surface area contributed by atoms with Crippen LogP contribution in [0.15, 0.2) is 30.7 Å². The fraction of sp³-hybridized carbons (Fsp3) is 0.214. The van der Waals surface area contributed by atoms with Crippen LogP contribution in [-0.4, -0.2) is 28.5 Å². The number of nitrogens with one attached hydrogen (secondary N) is 1. The maximum atomic E-state index is 11.0. The molecule has 0 bridgehead atoms. The predicted octanol–water partition coefficient (Wildman–Crippen LogP) is 1.81. The summed E-state index contributed by atoms with van der Waals surface area (Å²) in [6.07, 6.45) is 3.63. The van der Waals surface area contributed by atoms with Crippen molar-refractivity contribution in [3.05, 3.63) is 41.8 Å². The van der Waals surface area contributed by atoms with Crippen molar-refractivity contribution in [1.82, 2.24) is 10.0 Å². The van der Waals surface area contributed by atoms with Gasteiger partial charge in [0.1, 0.15) is 12.0 Å². The molecule has 6 nitrogen and oxygen atoms in total. The Hall–Kier alpha value is -2.30. The number of benzene rings is 1. The molecular weight excluding hydrogens is 292 g/mol. The van der Waals surface area contributed by atoms with Gasteiger partial charge in [-0.3, -0.25) is 5.43 Å². The third-order valence-electron chi connectivity index (χ3n) is 2.59. The summed E-state index contributed by atoms with van der Waals surface area (Å²) in [5.41, 5.74) is 3.83. The number of carbonyl (C=O) groups is 1. The highest BCUT2D eigenvalue weighted by Crippen LogP contribution is 2.20. The Balaban J connectivity index is 1.92. The molecule has 2 rings (SSSR count). The molecule has 1 heterocycles. The quantitative estimate of drug-likeness (QED) is 0.635. The lowest BCUT2D eigenvalue weighted by Crippen LogP contribution is -2.20. The Kier molecular flexibility index (Phi) is 5.37. The zero-order chi connectivity index (χ0) is 15.1. The van der Waals surface area contributed by atoms with E-state index in [2.05, 4.69) is 17.3 Å². The van der Waals surface area contributed by atoms with Crippen LogP contribution in [0.5, 0.6) is 5.75 Å². The van der Waals surface area contributed by atoms with Gasteiger partial charge in [-0.25, -0.2) is 4.79 Å². The molecule has 0 saturated carbocycles. The molecule has 0 saturated heterocycles. The van der Waals surface area contributed by atoms with Crippen LogP contribution >= 0.6 is 11.9 Å². The minimum absolute atomic E-state index is 0.225. The summed E-state index contributed by atoms with van der Waals surface area (Å²) in [4.78, 5) is 16.0. The van der Waals surface area contributed by atoms with E-state index < -0.39 is 5.97 Å². The van der Waals surface area contributed by atoms with Gasteiger partial charge in [-0.1, -0.05) is 11.8 Å². The van der Waals surface area contributed by atoms with Crippen molar-refractivity contribution in [1.29, 1.82) is 0 Å². The lowest BCUT2D eigenvalue weighted by Gasteiger charge is -2.09. The molecule has 0 fully saturated rings. The first-order valence-corrected chi connectivity index (χ1v) is 7.02. The minimum Gasteiger partial charge on any atom is -0.496 e. The Morgan fingerprint density at radius 3 is 3.05 bits per heavy atom. The first-order valence-electron chi connectivity index (χ1n) is 6.07. The van der Waals surface area contributed by atoms with E-state index in [1.54, 1.807) is 25.4 Å². The van der Waals surface area contributed by atoms with E-state index in [4.69, 9.17) is 14.7 Å². The van der Waals surface area contributed by atoms with Crippen molar-refractivity contribution in [3.8, 4) is 17.6 Å². The summed E-state index contributed by atoms with van der Waals surface area (Å²) in [7, 11) is 1.55. The summed E-state index contributed by atoms with van der Waals surface area (Å²) in [6.45, 7) is 0. The summed E-state index contributed by atoms with van der Waals surface area (Å²) in [5, 5.41) is 8.99. The van der Waals surface area contributed by atoms with Crippen molar-refractivity contribution >= 4 is 17.9 Å². The first kappa shape index (κ1) is 15.1. The molecule has 1 aromatic carbocycles. The van der Waals surface area contributed by atoms with Gasteiger partial charge >= 0.3 is 5.97 Å². The fourth-order valence-electron chi connectivity index (χ4n) is 1.62. The smallest absolute Gasteiger partial charge is 0.335 e. The maximum Gasteiger partial charge on any atom is 0.335 e. The molecule has 1 aromatic rings. The van der Waals surface area contributed by atoms with Gasteiger partial charge in [0.25, 0.3) is 0 Å². The topological polar surface area (TPSA) is 71.0 Å². The third-order valence-corrected chi connectivity index (χ3v) is 3.29. The molecule has 1 aliphatic rings. The average molecular weight is 306 g/mol. The summed E-state index contributed by atoms with van der Waals surface area (Å²) in [6, 6.07) is 4.73. The van der Waals surface area contributed by atoms with E-state index in [0.29, 0.717) is 17.9 Å². The van der Waals surface area contributed by atoms with Gasteiger partial charge in [0.05, 0.1) is 24.6 Å². The standard InChI is InChI=1S/C14H14N2O4S/c1-19-13-6-5-12(14(17)18)10-11(13)4-2-3-9-21-16-15-7-8-20-16/h5-8,10,15H,4,9H2,1H3,(H,17,18). The highest BCUT2D eigenvalue weighted by molar-refractivity contribution is 7.97. The lowest BCUT2D eigenvalue weighted by atomic mass is 10.1. The molecule has 110 valence electrons. The van der Waals surface area contributed by atoms with E-state index in [-0.39, 0.29) is 5.56 Å². The number of carboxylic acid groups (broad SMARTS) is 1. The number of hydrazine groups is 1. The Morgan fingerprint density at radius 1 is 1.52 bits per heavy atom. The van der Waals surface area contributed by atoms with E-state index >= 15 is 0 Å². The Labute approximate surface area is 126 Å². The van der Waals surface area contributed by atoms with E-state index in [0.717, 1.165) is 5.56 Å². The fourth-order valence-corrected chi connectivity index (χ4v) is 2.15. The van der Waals surface area contributed by atoms with Crippen molar-refractivity contribution < 1.29 is 19.5 Å². The number of hydrogen-bond acceptors (Lipinski definition) is 6. The molecule has 0 spiro atoms. The Morgan fingerprint density at radius 2 is 2.38 bits per heavy atom. The lowest BCUT2D eigenvalue weighted by molar-refractivity contribution is -0.00803. The van der Waals surface area contributed by atoms with Crippen LogP contribution in [0.2, 0.25) is 0 Å². The van der Waals surface area contributed by atoms with Crippen molar-refractivity contribution in [3.63, 3.8) is 0 Å². The number of methoxy groups -OCH3 is 1. The first-order chi connectivity index (χ1) is 10.2. The number of carboxylic acids is 1. The normalized spacial score (nSPS) is 13.0. The molecule has 0 amide bonds. The van der Waals surface area contributed by atoms with Gasteiger partial charge in [0.15, 0.2) is 0 Å². The number of aromatic carboxylic acids is 1. The monoisotopic (exact) mass is 306 g/mol. The molecule has 0 aliphatic carbocycles. The maximum absolute atomic E-state index is 11.0. The van der Waals surface area contributed by atoms with Crippen LogP contribution in [0.3, 0.4) is 0 Å². The largest absolute Gasteiger partial charge is 0.496 e. The van der Waals surface area contributed by atoms with Gasteiger partial charge in [0.2, 0.25) is 0 Å². The molecule has 7 heteroatoms. The number of rotatable bonds is 5. The van der Waals surface area contributed by atoms with Gasteiger partial charge in [-0.2, -0.15) is 0 Å². The van der Waals surface area contributed by atoms with Gasteiger partial charge in [0, 0.05) is 16.6 Å². The SMILES string of the molecule is COc1ccc(C(=O)O)cc1CC#CCSN1NC=CO1. The van der Waals surface area contributed by atoms with Crippen LogP contribution in [0.4, 0.5) is 0 Å². The van der Waals surface area contributed by atoms with Crippen molar-refractivity contribution in [2.24, 2.45) is 0 Å². The van der Waals surface area contributed by atoms with E-state index in [1.807, 2.05) is 0 Å². The van der Waals surface area contributed by atoms with Gasteiger partial charge < -0.3 is 14.7 Å². The van der Waals surface area contributed by atoms with Crippen LogP contribution < -0.4 is 10.2 Å². The van der Waals surface area contributed by atoms with Crippen LogP contribution in [0, 0.1) is 11.8 Å². The van der Waals surface area contributed by atoms with Crippen LogP contribution in [0.1, 0.15) is 15.9 Å². The van der Waals surface area contributed by atoms with E-state index in [9.17, 15) is 4.79 Å². The van der Waals surface area contributed by atoms with Crippen molar-refractivity contribution in [2.45, 2.75) is 6.42 Å². The molecule has 21 heavy (non-hydrogen) atoms. The predicted molar refractivity (Wildman–Crippen MR) is 79.1 cm³/mol. The van der Waals surface area contributed by atoms with Crippen molar-refractivity contribution in [2.75, 3.05) is 12.9 Å². The molecule has 0 aromatic heterocycles. The molecule has 0 atom stereocenters. The summed E-state index contributed by atoms with van der Waals surface area (Å²) < 4.78 is 6.69. The number of nitrogens with zero attached hydrogens (tertiary/aromatic N) is 1. The van der Waals surface area contributed by atoms with Crippen LogP contribution in [-0.2, 0) is 11.3 Å². The molecule has 2 N–H and O–H groups in total. The highest BCUT2D eigenvalue weighted by Gasteiger charge is 2.08. The second-order valence-corrected chi connectivity index (χ2v) is 4.81. The second-order valence-electron chi connectivity index (χ2n) is 3.93. The molecule has 0 unspecified atom stereocenters. The molecule has 0 radical (unpaired) electrons. The number of hydrogen-bond donors (Lipinski definition) is 2. The molecular formula is C14H14N2O4S. The number of ether oxygens (including phenoxy) is 1. The zero-order valence-electron chi connectivity index (χ0n) is 11.3. The Bertz CT molecular complexity index is 599. The van der Waals surface area contributed by atoms with Gasteiger partial charge in [-0.15, -0.1) is 0 Å². The summed E-state index contributed by atoms with van der Waals surface area (Å²) in [5.74, 6) is 6.19. The van der Waals surface area contributed by atoms with Gasteiger partial charge in [-0.05, 0) is 30.1 Å². The summed E-state index contributed by atoms with van der Waals surface area (Å²) >= 11 is 1.38. The van der Waals surface area contributed by atoms with Crippen LogP contribution in [0.25, 0.3) is 0 Å². The van der Waals surface area contributed by atoms with E-state index in [1.165, 1.54) is 28.9 Å².